The fourth-order valence-electron chi connectivity index (χ4n) is 1.56. The Balaban J connectivity index is 2.35. The Labute approximate surface area is 95.5 Å². The first-order valence-electron chi connectivity index (χ1n) is 4.89. The molecule has 1 aliphatic rings. The van der Waals surface area contributed by atoms with Crippen LogP contribution in [0.1, 0.15) is 17.5 Å². The summed E-state index contributed by atoms with van der Waals surface area (Å²) in [6.07, 6.45) is -4.34. The van der Waals surface area contributed by atoms with Crippen molar-refractivity contribution in [3.63, 3.8) is 0 Å². The summed E-state index contributed by atoms with van der Waals surface area (Å²) in [6.45, 7) is 0. The van der Waals surface area contributed by atoms with Gasteiger partial charge in [0, 0.05) is 7.05 Å². The largest absolute Gasteiger partial charge is 0.416 e. The van der Waals surface area contributed by atoms with Crippen LogP contribution in [0.25, 0.3) is 0 Å². The molecule has 0 bridgehead atoms. The molecule has 0 radical (unpaired) electrons. The molecular weight excluding hydrogens is 233 g/mol. The van der Waals surface area contributed by atoms with E-state index in [-0.39, 0.29) is 12.3 Å². The van der Waals surface area contributed by atoms with Gasteiger partial charge in [-0.05, 0) is 17.7 Å². The van der Waals surface area contributed by atoms with Gasteiger partial charge in [-0.3, -0.25) is 4.79 Å². The number of alkyl halides is 3. The molecule has 0 spiro atoms. The molecular formula is C11H9F3N2O. The SMILES string of the molecule is CN1N=C(c2cccc(C(F)(F)F)c2)CC1=O. The van der Waals surface area contributed by atoms with Crippen LogP contribution in [0.2, 0.25) is 0 Å². The zero-order valence-electron chi connectivity index (χ0n) is 8.95. The molecule has 90 valence electrons. The maximum Gasteiger partial charge on any atom is 0.416 e. The van der Waals surface area contributed by atoms with Crippen LogP contribution in [0.5, 0.6) is 0 Å². The molecule has 0 aromatic heterocycles. The quantitative estimate of drug-likeness (QED) is 0.743. The van der Waals surface area contributed by atoms with Gasteiger partial charge in [-0.2, -0.15) is 18.3 Å². The van der Waals surface area contributed by atoms with E-state index in [1.807, 2.05) is 0 Å². The van der Waals surface area contributed by atoms with Crippen molar-refractivity contribution in [3.05, 3.63) is 35.4 Å². The van der Waals surface area contributed by atoms with Crippen LogP contribution in [0, 0.1) is 0 Å². The Morgan fingerprint density at radius 2 is 2.06 bits per heavy atom. The summed E-state index contributed by atoms with van der Waals surface area (Å²) in [5.41, 5.74) is -0.0409. The van der Waals surface area contributed by atoms with Crippen molar-refractivity contribution in [1.82, 2.24) is 5.01 Å². The first-order valence-corrected chi connectivity index (χ1v) is 4.89. The van der Waals surface area contributed by atoms with Crippen LogP contribution < -0.4 is 0 Å². The van der Waals surface area contributed by atoms with E-state index in [1.165, 1.54) is 19.2 Å². The number of benzene rings is 1. The Kier molecular flexibility index (Phi) is 2.65. The Morgan fingerprint density at radius 3 is 2.59 bits per heavy atom. The highest BCUT2D eigenvalue weighted by molar-refractivity contribution is 6.13. The normalized spacial score (nSPS) is 16.4. The predicted molar refractivity (Wildman–Crippen MR) is 55.4 cm³/mol. The summed E-state index contributed by atoms with van der Waals surface area (Å²) in [5.74, 6) is -0.225. The number of carbonyl (C=O) groups excluding carboxylic acids is 1. The van der Waals surface area contributed by atoms with Crippen molar-refractivity contribution < 1.29 is 18.0 Å². The number of nitrogens with zero attached hydrogens (tertiary/aromatic N) is 2. The average molecular weight is 242 g/mol. The fraction of sp³-hybridized carbons (Fsp3) is 0.273. The van der Waals surface area contributed by atoms with E-state index < -0.39 is 11.7 Å². The molecule has 1 heterocycles. The molecule has 1 aromatic carbocycles. The smallest absolute Gasteiger partial charge is 0.273 e. The van der Waals surface area contributed by atoms with E-state index >= 15 is 0 Å². The minimum atomic E-state index is -4.38. The monoisotopic (exact) mass is 242 g/mol. The van der Waals surface area contributed by atoms with Crippen LogP contribution >= 0.6 is 0 Å². The van der Waals surface area contributed by atoms with Crippen LogP contribution in [0.4, 0.5) is 13.2 Å². The number of carbonyl (C=O) groups is 1. The minimum Gasteiger partial charge on any atom is -0.273 e. The lowest BCUT2D eigenvalue weighted by molar-refractivity contribution is -0.137. The summed E-state index contributed by atoms with van der Waals surface area (Å²) in [7, 11) is 1.48. The molecule has 0 aliphatic carbocycles. The number of rotatable bonds is 1. The zero-order chi connectivity index (χ0) is 12.6. The van der Waals surface area contributed by atoms with Gasteiger partial charge in [0.1, 0.15) is 0 Å². The van der Waals surface area contributed by atoms with Crippen molar-refractivity contribution in [3.8, 4) is 0 Å². The summed E-state index contributed by atoms with van der Waals surface area (Å²) in [4.78, 5) is 11.2. The standard InChI is InChI=1S/C11H9F3N2O/c1-16-10(17)6-9(15-16)7-3-2-4-8(5-7)11(12,13)14/h2-5H,6H2,1H3. The van der Waals surface area contributed by atoms with Crippen molar-refractivity contribution >= 4 is 11.6 Å². The van der Waals surface area contributed by atoms with Gasteiger partial charge in [-0.25, -0.2) is 5.01 Å². The van der Waals surface area contributed by atoms with Gasteiger partial charge in [0.25, 0.3) is 0 Å². The molecule has 1 aliphatic heterocycles. The maximum absolute atomic E-state index is 12.5. The van der Waals surface area contributed by atoms with E-state index in [1.54, 1.807) is 0 Å². The first-order chi connectivity index (χ1) is 7.88. The van der Waals surface area contributed by atoms with Crippen LogP contribution in [-0.4, -0.2) is 23.7 Å². The highest BCUT2D eigenvalue weighted by Crippen LogP contribution is 2.30. The van der Waals surface area contributed by atoms with Crippen molar-refractivity contribution in [2.24, 2.45) is 5.10 Å². The molecule has 0 saturated carbocycles. The van der Waals surface area contributed by atoms with Crippen LogP contribution in [0.15, 0.2) is 29.4 Å². The fourth-order valence-corrected chi connectivity index (χ4v) is 1.56. The lowest BCUT2D eigenvalue weighted by Gasteiger charge is -2.07. The molecule has 0 atom stereocenters. The van der Waals surface area contributed by atoms with Gasteiger partial charge in [0.05, 0.1) is 17.7 Å². The lowest BCUT2D eigenvalue weighted by Crippen LogP contribution is -2.14. The van der Waals surface area contributed by atoms with Gasteiger partial charge in [-0.15, -0.1) is 0 Å². The Hall–Kier alpha value is -1.85. The molecule has 2 rings (SSSR count). The number of hydrogen-bond acceptors (Lipinski definition) is 2. The minimum absolute atomic E-state index is 0.0395. The van der Waals surface area contributed by atoms with Gasteiger partial charge in [-0.1, -0.05) is 12.1 Å². The summed E-state index contributed by atoms with van der Waals surface area (Å²) in [5, 5.41) is 5.03. The molecule has 1 aromatic rings. The van der Waals surface area contributed by atoms with E-state index in [2.05, 4.69) is 5.10 Å². The number of hydrogen-bond donors (Lipinski definition) is 0. The highest BCUT2D eigenvalue weighted by atomic mass is 19.4. The van der Waals surface area contributed by atoms with Gasteiger partial charge >= 0.3 is 6.18 Å². The summed E-state index contributed by atoms with van der Waals surface area (Å²) >= 11 is 0. The molecule has 0 fully saturated rings. The van der Waals surface area contributed by atoms with E-state index in [0.29, 0.717) is 11.3 Å². The van der Waals surface area contributed by atoms with Gasteiger partial charge in [0.2, 0.25) is 5.91 Å². The molecule has 0 N–H and O–H groups in total. The van der Waals surface area contributed by atoms with E-state index in [0.717, 1.165) is 17.1 Å². The second-order valence-corrected chi connectivity index (χ2v) is 3.72. The molecule has 3 nitrogen and oxygen atoms in total. The van der Waals surface area contributed by atoms with Crippen molar-refractivity contribution in [1.29, 1.82) is 0 Å². The van der Waals surface area contributed by atoms with Gasteiger partial charge in [0.15, 0.2) is 0 Å². The second-order valence-electron chi connectivity index (χ2n) is 3.72. The number of hydrazone groups is 1. The topological polar surface area (TPSA) is 32.7 Å². The molecule has 17 heavy (non-hydrogen) atoms. The Bertz CT molecular complexity index is 494. The molecule has 0 saturated heterocycles. The van der Waals surface area contributed by atoms with Crippen LogP contribution in [0.3, 0.4) is 0 Å². The van der Waals surface area contributed by atoms with E-state index in [9.17, 15) is 18.0 Å². The molecule has 1 amide bonds. The average Bonchev–Trinajstić information content (AvgIpc) is 2.58. The highest BCUT2D eigenvalue weighted by Gasteiger charge is 2.31. The third kappa shape index (κ3) is 2.30. The van der Waals surface area contributed by atoms with Gasteiger partial charge < -0.3 is 0 Å². The third-order valence-corrected chi connectivity index (χ3v) is 2.47. The summed E-state index contributed by atoms with van der Waals surface area (Å²) in [6, 6.07) is 4.82. The maximum atomic E-state index is 12.5. The lowest BCUT2D eigenvalue weighted by atomic mass is 10.0. The number of halogens is 3. The van der Waals surface area contributed by atoms with Crippen LogP contribution in [-0.2, 0) is 11.0 Å². The zero-order valence-corrected chi connectivity index (χ0v) is 8.95. The Morgan fingerprint density at radius 1 is 1.35 bits per heavy atom. The first kappa shape index (κ1) is 11.6. The third-order valence-electron chi connectivity index (χ3n) is 2.47. The van der Waals surface area contributed by atoms with Crippen molar-refractivity contribution in [2.45, 2.75) is 12.6 Å². The summed E-state index contributed by atoms with van der Waals surface area (Å²) < 4.78 is 37.5. The molecule has 6 heteroatoms. The van der Waals surface area contributed by atoms with E-state index in [4.69, 9.17) is 0 Å². The number of amides is 1. The molecule has 0 unspecified atom stereocenters. The second kappa shape index (κ2) is 3.87. The van der Waals surface area contributed by atoms with Crippen molar-refractivity contribution in [2.75, 3.05) is 7.05 Å². The predicted octanol–water partition coefficient (Wildman–Crippen LogP) is 2.27.